The SMILES string of the molecule is CC(C)(Oc1ccc(Cl)cc1)C(=O)O.CC[C@@H](C)[C@H](O)c1ccccc1. The first-order valence-electron chi connectivity index (χ1n) is 8.58. The Balaban J connectivity index is 0.000000263. The fourth-order valence-corrected chi connectivity index (χ4v) is 2.17. The fourth-order valence-electron chi connectivity index (χ4n) is 2.04. The standard InChI is InChI=1S/C11H16O.C10H11ClO3/c1-3-9(2)11(12)10-7-5-4-6-8-10;1-10(2,9(12)13)14-8-5-3-7(11)4-6-8/h4-9,11-12H,3H2,1-2H3;3-6H,1-2H3,(H,12,13)/t9-,11+;/m1./s1. The lowest BCUT2D eigenvalue weighted by molar-refractivity contribution is -0.152. The zero-order valence-corrected chi connectivity index (χ0v) is 16.4. The highest BCUT2D eigenvalue weighted by Crippen LogP contribution is 2.23. The summed E-state index contributed by atoms with van der Waals surface area (Å²) in [5.41, 5.74) is -0.208. The van der Waals surface area contributed by atoms with Crippen LogP contribution in [0.4, 0.5) is 0 Å². The lowest BCUT2D eigenvalue weighted by atomic mass is 9.95. The Morgan fingerprint density at radius 3 is 2.12 bits per heavy atom. The molecule has 26 heavy (non-hydrogen) atoms. The highest BCUT2D eigenvalue weighted by molar-refractivity contribution is 6.30. The summed E-state index contributed by atoms with van der Waals surface area (Å²) in [6.07, 6.45) is 0.701. The zero-order valence-electron chi connectivity index (χ0n) is 15.6. The molecule has 0 aliphatic rings. The summed E-state index contributed by atoms with van der Waals surface area (Å²) in [5.74, 6) is -0.179. The molecule has 0 heterocycles. The summed E-state index contributed by atoms with van der Waals surface area (Å²) < 4.78 is 5.26. The minimum atomic E-state index is -1.23. The molecule has 2 aromatic rings. The summed E-state index contributed by atoms with van der Waals surface area (Å²) >= 11 is 5.67. The van der Waals surface area contributed by atoms with Crippen molar-refractivity contribution in [2.75, 3.05) is 0 Å². The molecule has 0 unspecified atom stereocenters. The maximum Gasteiger partial charge on any atom is 0.347 e. The van der Waals surface area contributed by atoms with E-state index >= 15 is 0 Å². The third-order valence-corrected chi connectivity index (χ3v) is 4.28. The quantitative estimate of drug-likeness (QED) is 0.711. The zero-order chi connectivity index (χ0) is 19.7. The average Bonchev–Trinajstić information content (AvgIpc) is 2.63. The smallest absolute Gasteiger partial charge is 0.347 e. The monoisotopic (exact) mass is 378 g/mol. The number of aliphatic carboxylic acids is 1. The molecule has 2 N–H and O–H groups in total. The molecule has 5 heteroatoms. The molecule has 142 valence electrons. The molecular weight excluding hydrogens is 352 g/mol. The Kier molecular flexibility index (Phi) is 8.62. The van der Waals surface area contributed by atoms with Crippen molar-refractivity contribution in [3.8, 4) is 5.75 Å². The van der Waals surface area contributed by atoms with Crippen molar-refractivity contribution in [3.05, 3.63) is 65.2 Å². The predicted octanol–water partition coefficient (Wildman–Crippen LogP) is 5.35. The van der Waals surface area contributed by atoms with Gasteiger partial charge in [0, 0.05) is 5.02 Å². The Labute approximate surface area is 160 Å². The number of ether oxygens (including phenoxy) is 1. The number of carboxylic acids is 1. The molecule has 0 aliphatic carbocycles. The molecule has 0 aromatic heterocycles. The van der Waals surface area contributed by atoms with Crippen LogP contribution in [0.3, 0.4) is 0 Å². The summed E-state index contributed by atoms with van der Waals surface area (Å²) in [5, 5.41) is 19.2. The summed E-state index contributed by atoms with van der Waals surface area (Å²) in [6.45, 7) is 7.14. The van der Waals surface area contributed by atoms with Crippen LogP contribution in [-0.2, 0) is 4.79 Å². The fraction of sp³-hybridized carbons (Fsp3) is 0.381. The lowest BCUT2D eigenvalue weighted by Gasteiger charge is -2.21. The van der Waals surface area contributed by atoms with Crippen LogP contribution in [0.5, 0.6) is 5.75 Å². The van der Waals surface area contributed by atoms with E-state index in [1.165, 1.54) is 13.8 Å². The van der Waals surface area contributed by atoms with Gasteiger partial charge in [0.15, 0.2) is 5.60 Å². The van der Waals surface area contributed by atoms with Crippen molar-refractivity contribution in [3.63, 3.8) is 0 Å². The molecule has 0 saturated carbocycles. The molecule has 0 saturated heterocycles. The topological polar surface area (TPSA) is 66.8 Å². The van der Waals surface area contributed by atoms with Gasteiger partial charge in [0.05, 0.1) is 6.10 Å². The second-order valence-corrected chi connectivity index (χ2v) is 7.05. The van der Waals surface area contributed by atoms with Crippen LogP contribution in [0.2, 0.25) is 5.02 Å². The van der Waals surface area contributed by atoms with E-state index in [0.717, 1.165) is 12.0 Å². The first-order chi connectivity index (χ1) is 12.2. The Hall–Kier alpha value is -2.04. The molecule has 0 amide bonds. The van der Waals surface area contributed by atoms with Crippen LogP contribution in [0.25, 0.3) is 0 Å². The van der Waals surface area contributed by atoms with Crippen molar-refractivity contribution < 1.29 is 19.7 Å². The number of carboxylic acid groups (broad SMARTS) is 1. The Bertz CT molecular complexity index is 668. The number of benzene rings is 2. The maximum absolute atomic E-state index is 10.7. The second kappa shape index (κ2) is 10.2. The van der Waals surface area contributed by atoms with Crippen LogP contribution in [0.1, 0.15) is 45.8 Å². The average molecular weight is 379 g/mol. The summed E-state index contributed by atoms with van der Waals surface area (Å²) in [4.78, 5) is 10.7. The molecule has 0 bridgehead atoms. The molecule has 2 atom stereocenters. The Morgan fingerprint density at radius 2 is 1.65 bits per heavy atom. The van der Waals surface area contributed by atoms with Gasteiger partial charge < -0.3 is 14.9 Å². The third-order valence-electron chi connectivity index (χ3n) is 4.03. The summed E-state index contributed by atoms with van der Waals surface area (Å²) in [7, 11) is 0. The number of carbonyl (C=O) groups is 1. The minimum absolute atomic E-state index is 0.309. The van der Waals surface area contributed by atoms with Gasteiger partial charge in [-0.15, -0.1) is 0 Å². The number of aliphatic hydroxyl groups excluding tert-OH is 1. The van der Waals surface area contributed by atoms with Gasteiger partial charge in [0.25, 0.3) is 0 Å². The summed E-state index contributed by atoms with van der Waals surface area (Å²) in [6, 6.07) is 16.4. The number of aliphatic hydroxyl groups is 1. The molecule has 2 aromatic carbocycles. The number of hydrogen-bond donors (Lipinski definition) is 2. The van der Waals surface area contributed by atoms with E-state index in [1.54, 1.807) is 24.3 Å². The van der Waals surface area contributed by atoms with Gasteiger partial charge in [-0.2, -0.15) is 0 Å². The van der Waals surface area contributed by atoms with Gasteiger partial charge in [-0.05, 0) is 49.6 Å². The molecule has 0 aliphatic heterocycles. The Morgan fingerprint density at radius 1 is 1.12 bits per heavy atom. The molecule has 0 fully saturated rings. The van der Waals surface area contributed by atoms with E-state index in [0.29, 0.717) is 16.7 Å². The lowest BCUT2D eigenvalue weighted by Crippen LogP contribution is -2.37. The van der Waals surface area contributed by atoms with E-state index in [4.69, 9.17) is 21.4 Å². The maximum atomic E-state index is 10.7. The molecule has 0 spiro atoms. The van der Waals surface area contributed by atoms with E-state index < -0.39 is 11.6 Å². The minimum Gasteiger partial charge on any atom is -0.478 e. The van der Waals surface area contributed by atoms with Crippen molar-refractivity contribution in [1.82, 2.24) is 0 Å². The highest BCUT2D eigenvalue weighted by atomic mass is 35.5. The molecule has 4 nitrogen and oxygen atoms in total. The van der Waals surface area contributed by atoms with E-state index in [2.05, 4.69) is 13.8 Å². The predicted molar refractivity (Wildman–Crippen MR) is 105 cm³/mol. The molecule has 0 radical (unpaired) electrons. The van der Waals surface area contributed by atoms with Crippen LogP contribution in [0, 0.1) is 5.92 Å². The van der Waals surface area contributed by atoms with Crippen molar-refractivity contribution in [2.24, 2.45) is 5.92 Å². The first-order valence-corrected chi connectivity index (χ1v) is 8.96. The van der Waals surface area contributed by atoms with Gasteiger partial charge in [-0.1, -0.05) is 62.2 Å². The largest absolute Gasteiger partial charge is 0.478 e. The second-order valence-electron chi connectivity index (χ2n) is 6.61. The molecular formula is C21H27ClO4. The number of halogens is 1. The first kappa shape index (κ1) is 22.0. The highest BCUT2D eigenvalue weighted by Gasteiger charge is 2.29. The van der Waals surface area contributed by atoms with E-state index in [9.17, 15) is 9.90 Å². The van der Waals surface area contributed by atoms with Crippen molar-refractivity contribution >= 4 is 17.6 Å². The van der Waals surface area contributed by atoms with Crippen LogP contribution in [0.15, 0.2) is 54.6 Å². The number of hydrogen-bond acceptors (Lipinski definition) is 3. The van der Waals surface area contributed by atoms with Crippen LogP contribution in [-0.4, -0.2) is 21.8 Å². The van der Waals surface area contributed by atoms with Crippen LogP contribution < -0.4 is 4.74 Å². The molecule has 2 rings (SSSR count). The van der Waals surface area contributed by atoms with E-state index in [-0.39, 0.29) is 6.10 Å². The van der Waals surface area contributed by atoms with Gasteiger partial charge in [0.1, 0.15) is 5.75 Å². The van der Waals surface area contributed by atoms with Crippen molar-refractivity contribution in [1.29, 1.82) is 0 Å². The van der Waals surface area contributed by atoms with Crippen LogP contribution >= 0.6 is 11.6 Å². The van der Waals surface area contributed by atoms with Gasteiger partial charge >= 0.3 is 5.97 Å². The van der Waals surface area contributed by atoms with Gasteiger partial charge in [-0.25, -0.2) is 4.79 Å². The third kappa shape index (κ3) is 7.06. The van der Waals surface area contributed by atoms with E-state index in [1.807, 2.05) is 30.3 Å². The normalized spacial score (nSPS) is 13.2. The van der Waals surface area contributed by atoms with Crippen molar-refractivity contribution in [2.45, 2.75) is 45.8 Å². The number of rotatable bonds is 6. The van der Waals surface area contributed by atoms with Gasteiger partial charge in [-0.3, -0.25) is 0 Å². The van der Waals surface area contributed by atoms with Gasteiger partial charge in [0.2, 0.25) is 0 Å².